The van der Waals surface area contributed by atoms with Crippen molar-refractivity contribution in [3.63, 3.8) is 0 Å². The molecular formula is C26H30N8O2. The molecule has 0 bridgehead atoms. The van der Waals surface area contributed by atoms with Crippen molar-refractivity contribution in [2.24, 2.45) is 0 Å². The quantitative estimate of drug-likeness (QED) is 0.380. The number of rotatable bonds is 6. The Bertz CT molecular complexity index is 1350. The first-order valence-corrected chi connectivity index (χ1v) is 12.4. The molecule has 0 aliphatic carbocycles. The molecular weight excluding hydrogens is 456 g/mol. The minimum Gasteiger partial charge on any atom is -0.474 e. The Labute approximate surface area is 209 Å². The van der Waals surface area contributed by atoms with Gasteiger partial charge < -0.3 is 29.8 Å². The van der Waals surface area contributed by atoms with Crippen LogP contribution in [0.2, 0.25) is 0 Å². The van der Waals surface area contributed by atoms with Crippen LogP contribution in [-0.2, 0) is 0 Å². The first kappa shape index (κ1) is 22.6. The normalized spacial score (nSPS) is 16.8. The fourth-order valence-corrected chi connectivity index (χ4v) is 4.78. The molecule has 186 valence electrons. The van der Waals surface area contributed by atoms with Crippen molar-refractivity contribution in [3.8, 4) is 17.1 Å². The van der Waals surface area contributed by atoms with E-state index in [1.807, 2.05) is 29.8 Å². The van der Waals surface area contributed by atoms with Crippen molar-refractivity contribution in [3.05, 3.63) is 55.1 Å². The number of pyridine rings is 1. The number of hydrogen-bond donors (Lipinski definition) is 3. The summed E-state index contributed by atoms with van der Waals surface area (Å²) in [5.41, 5.74) is 5.46. The molecule has 3 N–H and O–H groups in total. The summed E-state index contributed by atoms with van der Waals surface area (Å²) in [4.78, 5) is 18.5. The van der Waals surface area contributed by atoms with Crippen LogP contribution < -0.4 is 20.3 Å². The molecule has 0 unspecified atom stereocenters. The lowest BCUT2D eigenvalue weighted by Crippen LogP contribution is -2.48. The maximum Gasteiger partial charge on any atom is 0.237 e. The van der Waals surface area contributed by atoms with Crippen LogP contribution in [-0.4, -0.2) is 81.3 Å². The van der Waals surface area contributed by atoms with Crippen molar-refractivity contribution in [2.45, 2.75) is 13.0 Å². The number of benzene rings is 1. The number of fused-ring (bicyclic) bond motifs is 2. The lowest BCUT2D eigenvalue weighted by Gasteiger charge is -2.36. The second kappa shape index (κ2) is 9.63. The second-order valence-corrected chi connectivity index (χ2v) is 9.29. The number of piperazine rings is 1. The number of nitrogens with one attached hydrogen (secondary N) is 2. The highest BCUT2D eigenvalue weighted by Crippen LogP contribution is 2.31. The van der Waals surface area contributed by atoms with Crippen molar-refractivity contribution in [1.82, 2.24) is 24.3 Å². The van der Waals surface area contributed by atoms with Crippen LogP contribution in [0.5, 0.6) is 5.88 Å². The minimum atomic E-state index is -0.287. The van der Waals surface area contributed by atoms with Crippen LogP contribution in [0.4, 0.5) is 22.9 Å². The Morgan fingerprint density at radius 3 is 2.78 bits per heavy atom. The van der Waals surface area contributed by atoms with Crippen LogP contribution in [0.3, 0.4) is 0 Å². The van der Waals surface area contributed by atoms with Crippen LogP contribution >= 0.6 is 0 Å². The summed E-state index contributed by atoms with van der Waals surface area (Å²) in [6.07, 6.45) is 7.15. The molecule has 0 spiro atoms. The van der Waals surface area contributed by atoms with E-state index in [1.165, 1.54) is 5.69 Å². The first-order chi connectivity index (χ1) is 17.6. The lowest BCUT2D eigenvalue weighted by molar-refractivity contribution is 0.123. The summed E-state index contributed by atoms with van der Waals surface area (Å²) in [6, 6.07) is 10.4. The molecule has 2 aliphatic rings. The highest BCUT2D eigenvalue weighted by atomic mass is 16.5. The number of aromatic nitrogens is 4. The lowest BCUT2D eigenvalue weighted by atomic mass is 10.2. The number of nitrogens with zero attached hydrogens (tertiary/aromatic N) is 6. The molecule has 1 atom stereocenters. The third-order valence-corrected chi connectivity index (χ3v) is 6.57. The number of ether oxygens (including phenoxy) is 1. The van der Waals surface area contributed by atoms with Gasteiger partial charge in [-0.3, -0.25) is 4.90 Å². The fourth-order valence-electron chi connectivity index (χ4n) is 4.78. The van der Waals surface area contributed by atoms with Crippen molar-refractivity contribution in [1.29, 1.82) is 0 Å². The van der Waals surface area contributed by atoms with Crippen LogP contribution in [0, 0.1) is 0 Å². The Morgan fingerprint density at radius 2 is 1.97 bits per heavy atom. The number of hydrogen-bond acceptors (Lipinski definition) is 9. The molecule has 0 radical (unpaired) electrons. The van der Waals surface area contributed by atoms with Crippen molar-refractivity contribution >= 4 is 28.5 Å². The highest BCUT2D eigenvalue weighted by molar-refractivity contribution is 5.75. The van der Waals surface area contributed by atoms with E-state index in [9.17, 15) is 5.11 Å². The van der Waals surface area contributed by atoms with Crippen molar-refractivity contribution in [2.75, 3.05) is 61.4 Å². The van der Waals surface area contributed by atoms with Gasteiger partial charge in [-0.1, -0.05) is 0 Å². The van der Waals surface area contributed by atoms with Crippen LogP contribution in [0.25, 0.3) is 16.9 Å². The molecule has 1 saturated heterocycles. The number of β-amino-alcohol motifs (C(OH)–C–C–N with tert-alkyl or cyclic N) is 1. The average Bonchev–Trinajstić information content (AvgIpc) is 3.38. The standard InChI is InChI=1S/C26H30N8O2/c1-18(35)16-32-9-11-33(12-10-32)21-4-2-20(3-5-21)30-24-25-28-6-8-34(25)17-23(31-24)19-14-22-26(29-15-19)36-13-7-27-22/h2-6,8,14-15,17-18,27,35H,7,9-13,16H2,1H3,(H,30,31)/t18-/m0/s1. The summed E-state index contributed by atoms with van der Waals surface area (Å²) in [5.74, 6) is 1.30. The van der Waals surface area contributed by atoms with Gasteiger partial charge in [-0.2, -0.15) is 0 Å². The van der Waals surface area contributed by atoms with Gasteiger partial charge in [-0.05, 0) is 37.3 Å². The third-order valence-electron chi connectivity index (χ3n) is 6.57. The second-order valence-electron chi connectivity index (χ2n) is 9.29. The van der Waals surface area contributed by atoms with E-state index in [4.69, 9.17) is 9.72 Å². The maximum atomic E-state index is 9.64. The SMILES string of the molecule is C[C@H](O)CN1CCN(c2ccc(Nc3nc(-c4cnc5c(c4)NCCO5)cn4ccnc34)cc2)CC1. The molecule has 36 heavy (non-hydrogen) atoms. The predicted molar refractivity (Wildman–Crippen MR) is 140 cm³/mol. The van der Waals surface area contributed by atoms with Gasteiger partial charge in [0.15, 0.2) is 11.5 Å². The molecule has 2 aliphatic heterocycles. The molecule has 3 aromatic heterocycles. The van der Waals surface area contributed by atoms with Gasteiger partial charge >= 0.3 is 0 Å². The molecule has 10 heteroatoms. The third kappa shape index (κ3) is 4.65. The molecule has 10 nitrogen and oxygen atoms in total. The molecule has 1 fully saturated rings. The summed E-state index contributed by atoms with van der Waals surface area (Å²) >= 11 is 0. The van der Waals surface area contributed by atoms with E-state index in [1.54, 1.807) is 12.4 Å². The number of anilines is 4. The van der Waals surface area contributed by atoms with Gasteiger partial charge in [0.2, 0.25) is 5.88 Å². The van der Waals surface area contributed by atoms with E-state index in [-0.39, 0.29) is 6.10 Å². The van der Waals surface area contributed by atoms with Gasteiger partial charge in [0, 0.05) is 81.0 Å². The fraction of sp³-hybridized carbons (Fsp3) is 0.346. The Hall–Kier alpha value is -3.89. The van der Waals surface area contributed by atoms with Crippen LogP contribution in [0.15, 0.2) is 55.1 Å². The van der Waals surface area contributed by atoms with Gasteiger partial charge in [-0.25, -0.2) is 15.0 Å². The van der Waals surface area contributed by atoms with E-state index >= 15 is 0 Å². The van der Waals surface area contributed by atoms with E-state index < -0.39 is 0 Å². The van der Waals surface area contributed by atoms with Gasteiger partial charge in [0.05, 0.1) is 17.5 Å². The molecule has 4 aromatic rings. The van der Waals surface area contributed by atoms with Crippen molar-refractivity contribution < 1.29 is 9.84 Å². The minimum absolute atomic E-state index is 0.287. The molecule has 0 amide bonds. The first-order valence-electron chi connectivity index (χ1n) is 12.4. The zero-order chi connectivity index (χ0) is 24.5. The monoisotopic (exact) mass is 486 g/mol. The smallest absolute Gasteiger partial charge is 0.237 e. The number of aliphatic hydroxyl groups is 1. The zero-order valence-corrected chi connectivity index (χ0v) is 20.3. The van der Waals surface area contributed by atoms with Gasteiger partial charge in [-0.15, -0.1) is 0 Å². The summed E-state index contributed by atoms with van der Waals surface area (Å²) in [7, 11) is 0. The molecule has 1 aromatic carbocycles. The van der Waals surface area contributed by atoms with E-state index in [0.29, 0.717) is 18.3 Å². The molecule has 6 rings (SSSR count). The highest BCUT2D eigenvalue weighted by Gasteiger charge is 2.19. The Kier molecular flexibility index (Phi) is 6.04. The zero-order valence-electron chi connectivity index (χ0n) is 20.3. The molecule has 5 heterocycles. The van der Waals surface area contributed by atoms with Crippen LogP contribution in [0.1, 0.15) is 6.92 Å². The van der Waals surface area contributed by atoms with Gasteiger partial charge in [0.1, 0.15) is 6.61 Å². The topological polar surface area (TPSA) is 103 Å². The molecule has 0 saturated carbocycles. The maximum absolute atomic E-state index is 9.64. The summed E-state index contributed by atoms with van der Waals surface area (Å²) < 4.78 is 7.58. The van der Waals surface area contributed by atoms with E-state index in [0.717, 1.165) is 67.5 Å². The number of imidazole rings is 1. The predicted octanol–water partition coefficient (Wildman–Crippen LogP) is 2.84. The average molecular weight is 487 g/mol. The van der Waals surface area contributed by atoms with Gasteiger partial charge in [0.25, 0.3) is 0 Å². The Morgan fingerprint density at radius 1 is 1.14 bits per heavy atom. The summed E-state index contributed by atoms with van der Waals surface area (Å²) in [6.45, 7) is 7.76. The Balaban J connectivity index is 1.21. The summed E-state index contributed by atoms with van der Waals surface area (Å²) in [5, 5.41) is 16.4. The van der Waals surface area contributed by atoms with E-state index in [2.05, 4.69) is 54.7 Å². The largest absolute Gasteiger partial charge is 0.474 e. The number of aliphatic hydroxyl groups excluding tert-OH is 1.